The summed E-state index contributed by atoms with van der Waals surface area (Å²) in [6.07, 6.45) is 2.89. The number of phenolic OH excluding ortho intramolecular Hbond substituents is 1. The van der Waals surface area contributed by atoms with E-state index in [0.717, 1.165) is 29.3 Å². The maximum atomic E-state index is 12.6. The molecule has 2 aromatic heterocycles. The number of aromatic hydroxyl groups is 1. The van der Waals surface area contributed by atoms with E-state index >= 15 is 0 Å². The SMILES string of the molecule is CC(C)(C)[C@@H]1CCc2c(sc(NC(=O)CSc3n[nH]c(-c4cc(Br)ccc4O)n3)c2C#N)C1. The largest absolute Gasteiger partial charge is 0.507 e. The van der Waals surface area contributed by atoms with Crippen molar-refractivity contribution >= 4 is 49.9 Å². The first-order chi connectivity index (χ1) is 15.7. The number of hydrogen-bond donors (Lipinski definition) is 3. The standard InChI is InChI=1S/C23H24BrN5O2S2/c1-23(2,3)12-4-6-14-16(10-25)21(33-18(14)8-12)26-19(31)11-32-22-27-20(28-29-22)15-9-13(24)5-7-17(15)30/h5,7,9,12,30H,4,6,8,11H2,1-3H3,(H,26,31)(H,27,28,29)/t12-/m1/s1. The van der Waals surface area contributed by atoms with Gasteiger partial charge in [-0.25, -0.2) is 4.98 Å². The van der Waals surface area contributed by atoms with E-state index in [1.165, 1.54) is 28.0 Å². The fraction of sp³-hybridized carbons (Fsp3) is 0.391. The Morgan fingerprint density at radius 2 is 2.24 bits per heavy atom. The van der Waals surface area contributed by atoms with Crippen LogP contribution in [-0.4, -0.2) is 31.9 Å². The second-order valence-electron chi connectivity index (χ2n) is 9.09. The molecule has 10 heteroatoms. The van der Waals surface area contributed by atoms with Crippen molar-refractivity contribution in [3.63, 3.8) is 0 Å². The van der Waals surface area contributed by atoms with Crippen LogP contribution in [0.3, 0.4) is 0 Å². The van der Waals surface area contributed by atoms with Crippen LogP contribution in [0, 0.1) is 22.7 Å². The Morgan fingerprint density at radius 3 is 2.97 bits per heavy atom. The second kappa shape index (κ2) is 9.49. The van der Waals surface area contributed by atoms with Gasteiger partial charge in [0.2, 0.25) is 11.1 Å². The highest BCUT2D eigenvalue weighted by atomic mass is 79.9. The number of halogens is 1. The lowest BCUT2D eigenvalue weighted by atomic mass is 9.72. The number of rotatable bonds is 5. The average molecular weight is 547 g/mol. The van der Waals surface area contributed by atoms with Gasteiger partial charge in [0.25, 0.3) is 0 Å². The van der Waals surface area contributed by atoms with Gasteiger partial charge in [0, 0.05) is 9.35 Å². The number of phenols is 1. The highest BCUT2D eigenvalue weighted by Crippen LogP contribution is 2.44. The molecule has 0 saturated heterocycles. The van der Waals surface area contributed by atoms with E-state index in [-0.39, 0.29) is 22.8 Å². The van der Waals surface area contributed by atoms with Crippen molar-refractivity contribution in [3.05, 3.63) is 38.7 Å². The number of thioether (sulfide) groups is 1. The van der Waals surface area contributed by atoms with Crippen LogP contribution < -0.4 is 5.32 Å². The highest BCUT2D eigenvalue weighted by Gasteiger charge is 2.32. The number of benzene rings is 1. The number of nitrogens with one attached hydrogen (secondary N) is 2. The van der Waals surface area contributed by atoms with Crippen LogP contribution in [0.4, 0.5) is 5.00 Å². The van der Waals surface area contributed by atoms with Gasteiger partial charge in [-0.1, -0.05) is 48.5 Å². The Hall–Kier alpha value is -2.35. The lowest BCUT2D eigenvalue weighted by Crippen LogP contribution is -2.26. The molecule has 3 aromatic rings. The predicted molar refractivity (Wildman–Crippen MR) is 135 cm³/mol. The minimum Gasteiger partial charge on any atom is -0.507 e. The van der Waals surface area contributed by atoms with Crippen LogP contribution in [-0.2, 0) is 17.6 Å². The molecule has 1 amide bonds. The molecule has 0 aliphatic heterocycles. The summed E-state index contributed by atoms with van der Waals surface area (Å²) in [5, 5.41) is 30.7. The molecule has 0 bridgehead atoms. The zero-order valence-electron chi connectivity index (χ0n) is 18.5. The monoisotopic (exact) mass is 545 g/mol. The van der Waals surface area contributed by atoms with Gasteiger partial charge in [0.1, 0.15) is 16.8 Å². The predicted octanol–water partition coefficient (Wildman–Crippen LogP) is 5.75. The quantitative estimate of drug-likeness (QED) is 0.351. The van der Waals surface area contributed by atoms with Gasteiger partial charge in [-0.2, -0.15) is 5.26 Å². The number of thiophene rings is 1. The Bertz CT molecular complexity index is 1240. The van der Waals surface area contributed by atoms with Crippen molar-refractivity contribution in [3.8, 4) is 23.2 Å². The van der Waals surface area contributed by atoms with Crippen molar-refractivity contribution in [2.24, 2.45) is 11.3 Å². The normalized spacial score (nSPS) is 15.7. The Kier molecular flexibility index (Phi) is 6.84. The molecule has 1 aromatic carbocycles. The average Bonchev–Trinajstić information content (AvgIpc) is 3.36. The number of amides is 1. The van der Waals surface area contributed by atoms with Crippen molar-refractivity contribution in [1.29, 1.82) is 5.26 Å². The number of nitriles is 1. The lowest BCUT2D eigenvalue weighted by Gasteiger charge is -2.33. The van der Waals surface area contributed by atoms with Crippen LogP contribution in [0.5, 0.6) is 5.75 Å². The molecule has 0 fully saturated rings. The summed E-state index contributed by atoms with van der Waals surface area (Å²) in [5.41, 5.74) is 2.44. The van der Waals surface area contributed by atoms with Gasteiger partial charge in [0.15, 0.2) is 5.82 Å². The molecule has 172 valence electrons. The summed E-state index contributed by atoms with van der Waals surface area (Å²) >= 11 is 6.09. The smallest absolute Gasteiger partial charge is 0.235 e. The minimum absolute atomic E-state index is 0.0861. The second-order valence-corrected chi connectivity index (χ2v) is 12.1. The molecule has 0 saturated carbocycles. The van der Waals surface area contributed by atoms with Gasteiger partial charge in [-0.05, 0) is 54.4 Å². The number of aromatic nitrogens is 3. The third kappa shape index (κ3) is 5.26. The Labute approximate surface area is 209 Å². The molecule has 1 aliphatic rings. The summed E-state index contributed by atoms with van der Waals surface area (Å²) in [6, 6.07) is 7.34. The van der Waals surface area contributed by atoms with Crippen LogP contribution in [0.25, 0.3) is 11.4 Å². The maximum Gasteiger partial charge on any atom is 0.235 e. The molecule has 4 rings (SSSR count). The summed E-state index contributed by atoms with van der Waals surface area (Å²) in [6.45, 7) is 6.77. The first-order valence-corrected chi connectivity index (χ1v) is 13.1. The molecule has 0 unspecified atom stereocenters. The third-order valence-electron chi connectivity index (χ3n) is 5.87. The van der Waals surface area contributed by atoms with Crippen LogP contribution >= 0.6 is 39.0 Å². The molecular weight excluding hydrogens is 522 g/mol. The number of anilines is 1. The van der Waals surface area contributed by atoms with Crippen molar-refractivity contribution in [2.45, 2.75) is 45.2 Å². The van der Waals surface area contributed by atoms with E-state index in [1.807, 2.05) is 0 Å². The van der Waals surface area contributed by atoms with Gasteiger partial charge >= 0.3 is 0 Å². The van der Waals surface area contributed by atoms with Crippen LogP contribution in [0.1, 0.15) is 43.2 Å². The number of carbonyl (C=O) groups excluding carboxylic acids is 1. The van der Waals surface area contributed by atoms with E-state index in [1.54, 1.807) is 18.2 Å². The molecule has 33 heavy (non-hydrogen) atoms. The number of fused-ring (bicyclic) bond motifs is 1. The molecule has 1 atom stereocenters. The van der Waals surface area contributed by atoms with Gasteiger partial charge in [-0.3, -0.25) is 9.89 Å². The van der Waals surface area contributed by atoms with Crippen LogP contribution in [0.15, 0.2) is 27.8 Å². The Balaban J connectivity index is 1.41. The topological polar surface area (TPSA) is 115 Å². The fourth-order valence-electron chi connectivity index (χ4n) is 3.95. The number of aromatic amines is 1. The first kappa shape index (κ1) is 23.8. The summed E-state index contributed by atoms with van der Waals surface area (Å²) in [5.74, 6) is 0.976. The fourth-order valence-corrected chi connectivity index (χ4v) is 6.21. The zero-order chi connectivity index (χ0) is 23.8. The lowest BCUT2D eigenvalue weighted by molar-refractivity contribution is -0.113. The molecule has 0 radical (unpaired) electrons. The van der Waals surface area contributed by atoms with Gasteiger partial charge in [-0.15, -0.1) is 16.4 Å². The van der Waals surface area contributed by atoms with Gasteiger partial charge < -0.3 is 10.4 Å². The molecule has 1 aliphatic carbocycles. The minimum atomic E-state index is -0.209. The Morgan fingerprint density at radius 1 is 1.45 bits per heavy atom. The molecule has 7 nitrogen and oxygen atoms in total. The van der Waals surface area contributed by atoms with E-state index < -0.39 is 0 Å². The van der Waals surface area contributed by atoms with E-state index in [4.69, 9.17) is 0 Å². The van der Waals surface area contributed by atoms with Crippen LogP contribution in [0.2, 0.25) is 0 Å². The molecule has 2 heterocycles. The van der Waals surface area contributed by atoms with E-state index in [0.29, 0.717) is 33.0 Å². The van der Waals surface area contributed by atoms with Crippen molar-refractivity contribution in [1.82, 2.24) is 15.2 Å². The molecule has 3 N–H and O–H groups in total. The maximum absolute atomic E-state index is 12.6. The zero-order valence-corrected chi connectivity index (χ0v) is 21.7. The number of H-pyrrole nitrogens is 1. The van der Waals surface area contributed by atoms with Gasteiger partial charge in [0.05, 0.1) is 16.9 Å². The number of nitrogens with zero attached hydrogens (tertiary/aromatic N) is 3. The van der Waals surface area contributed by atoms with E-state index in [9.17, 15) is 15.2 Å². The van der Waals surface area contributed by atoms with Crippen molar-refractivity contribution in [2.75, 3.05) is 11.1 Å². The number of carbonyl (C=O) groups is 1. The van der Waals surface area contributed by atoms with Crippen molar-refractivity contribution < 1.29 is 9.90 Å². The summed E-state index contributed by atoms with van der Waals surface area (Å²) in [4.78, 5) is 18.2. The highest BCUT2D eigenvalue weighted by molar-refractivity contribution is 9.10. The summed E-state index contributed by atoms with van der Waals surface area (Å²) < 4.78 is 0.807. The molecule has 0 spiro atoms. The third-order valence-corrected chi connectivity index (χ3v) is 8.38. The number of hydrogen-bond acceptors (Lipinski definition) is 7. The first-order valence-electron chi connectivity index (χ1n) is 10.5. The summed E-state index contributed by atoms with van der Waals surface area (Å²) in [7, 11) is 0. The van der Waals surface area contributed by atoms with E-state index in [2.05, 4.69) is 63.3 Å². The molecular formula is C23H24BrN5O2S2.